The zero-order valence-electron chi connectivity index (χ0n) is 13.2. The van der Waals surface area contributed by atoms with Gasteiger partial charge in [0.2, 0.25) is 0 Å². The Morgan fingerprint density at radius 1 is 1.04 bits per heavy atom. The van der Waals surface area contributed by atoms with Gasteiger partial charge in [0.15, 0.2) is 0 Å². The Hall–Kier alpha value is -2.79. The molecule has 0 radical (unpaired) electrons. The van der Waals surface area contributed by atoms with E-state index in [4.69, 9.17) is 16.3 Å². The lowest BCUT2D eigenvalue weighted by Gasteiger charge is -2.14. The summed E-state index contributed by atoms with van der Waals surface area (Å²) in [7, 11) is 2.46. The fraction of sp³-hybridized carbons (Fsp3) is 0.111. The topological polar surface area (TPSA) is 64.6 Å². The van der Waals surface area contributed by atoms with E-state index in [-0.39, 0.29) is 5.70 Å². The minimum Gasteiger partial charge on any atom is -0.466 e. The summed E-state index contributed by atoms with van der Waals surface area (Å²) >= 11 is 6.05. The number of rotatable bonds is 5. The van der Waals surface area contributed by atoms with Crippen LogP contribution >= 0.6 is 11.6 Å². The van der Waals surface area contributed by atoms with Gasteiger partial charge in [-0.1, -0.05) is 41.9 Å². The molecule has 0 fully saturated rings. The Kier molecular flexibility index (Phi) is 5.98. The number of hydrogen-bond acceptors (Lipinski definition) is 5. The average molecular weight is 346 g/mol. The maximum atomic E-state index is 11.9. The summed E-state index contributed by atoms with van der Waals surface area (Å²) in [5.74, 6) is -1.34. The molecule has 0 aliphatic heterocycles. The molecule has 2 aromatic carbocycles. The molecule has 0 unspecified atom stereocenters. The third kappa shape index (κ3) is 4.36. The van der Waals surface area contributed by atoms with Gasteiger partial charge in [0.1, 0.15) is 5.70 Å². The van der Waals surface area contributed by atoms with Gasteiger partial charge in [-0.3, -0.25) is 0 Å². The third-order valence-electron chi connectivity index (χ3n) is 3.20. The van der Waals surface area contributed by atoms with Crippen LogP contribution in [0.4, 0.5) is 5.69 Å². The summed E-state index contributed by atoms with van der Waals surface area (Å²) < 4.78 is 9.26. The Morgan fingerprint density at radius 3 is 2.46 bits per heavy atom. The first-order chi connectivity index (χ1) is 11.5. The molecule has 124 valence electrons. The number of halogens is 1. The summed E-state index contributed by atoms with van der Waals surface area (Å²) in [5.41, 5.74) is 2.28. The van der Waals surface area contributed by atoms with E-state index in [1.807, 2.05) is 36.4 Å². The van der Waals surface area contributed by atoms with E-state index in [0.29, 0.717) is 10.7 Å². The Balaban J connectivity index is 2.43. The number of anilines is 1. The van der Waals surface area contributed by atoms with Crippen molar-refractivity contribution in [3.63, 3.8) is 0 Å². The summed E-state index contributed by atoms with van der Waals surface area (Å²) in [6.45, 7) is 0. The zero-order chi connectivity index (χ0) is 17.5. The van der Waals surface area contributed by atoms with Crippen LogP contribution in [-0.2, 0) is 19.1 Å². The highest BCUT2D eigenvalue weighted by molar-refractivity contribution is 6.30. The summed E-state index contributed by atoms with van der Waals surface area (Å²) in [4.78, 5) is 23.4. The monoisotopic (exact) mass is 345 g/mol. The molecule has 0 amide bonds. The van der Waals surface area contributed by atoms with Gasteiger partial charge < -0.3 is 14.8 Å². The van der Waals surface area contributed by atoms with Crippen LogP contribution in [0.15, 0.2) is 60.3 Å². The van der Waals surface area contributed by atoms with Crippen molar-refractivity contribution in [3.8, 4) is 11.1 Å². The fourth-order valence-electron chi connectivity index (χ4n) is 2.08. The molecular weight excluding hydrogens is 330 g/mol. The van der Waals surface area contributed by atoms with Gasteiger partial charge in [0, 0.05) is 16.3 Å². The molecule has 0 atom stereocenters. The second kappa shape index (κ2) is 8.17. The van der Waals surface area contributed by atoms with Gasteiger partial charge in [-0.15, -0.1) is 0 Å². The van der Waals surface area contributed by atoms with Crippen molar-refractivity contribution in [1.82, 2.24) is 0 Å². The first-order valence-electron chi connectivity index (χ1n) is 7.05. The fourth-order valence-corrected chi connectivity index (χ4v) is 2.27. The van der Waals surface area contributed by atoms with Gasteiger partial charge in [-0.25, -0.2) is 9.59 Å². The molecule has 24 heavy (non-hydrogen) atoms. The standard InChI is InChI=1S/C18H16ClNO4/c1-23-17(21)11-16(18(22)24-2)20-15-9-4-3-8-14(15)12-6-5-7-13(19)10-12/h3-11,20H,1-2H3/b16-11+. The molecule has 0 saturated carbocycles. The van der Waals surface area contributed by atoms with E-state index < -0.39 is 11.9 Å². The maximum absolute atomic E-state index is 11.9. The Morgan fingerprint density at radius 2 is 1.79 bits per heavy atom. The van der Waals surface area contributed by atoms with Crippen LogP contribution in [0.25, 0.3) is 11.1 Å². The number of carbonyl (C=O) groups is 2. The predicted octanol–water partition coefficient (Wildman–Crippen LogP) is 3.65. The molecule has 2 aromatic rings. The van der Waals surface area contributed by atoms with E-state index in [9.17, 15) is 9.59 Å². The van der Waals surface area contributed by atoms with Crippen LogP contribution in [0.1, 0.15) is 0 Å². The molecular formula is C18H16ClNO4. The molecule has 0 aliphatic carbocycles. The minimum atomic E-state index is -0.679. The zero-order valence-corrected chi connectivity index (χ0v) is 14.0. The van der Waals surface area contributed by atoms with E-state index >= 15 is 0 Å². The van der Waals surface area contributed by atoms with Gasteiger partial charge in [-0.2, -0.15) is 0 Å². The molecule has 0 heterocycles. The highest BCUT2D eigenvalue weighted by Gasteiger charge is 2.15. The summed E-state index contributed by atoms with van der Waals surface area (Å²) in [6, 6.07) is 14.6. The molecule has 2 rings (SSSR count). The van der Waals surface area contributed by atoms with Crippen molar-refractivity contribution in [2.24, 2.45) is 0 Å². The second-order valence-corrected chi connectivity index (χ2v) is 5.19. The van der Waals surface area contributed by atoms with Gasteiger partial charge in [-0.05, 0) is 23.8 Å². The Bertz CT molecular complexity index is 786. The smallest absolute Gasteiger partial charge is 0.354 e. The number of carbonyl (C=O) groups excluding carboxylic acids is 2. The number of benzene rings is 2. The van der Waals surface area contributed by atoms with Gasteiger partial charge in [0.05, 0.1) is 20.3 Å². The van der Waals surface area contributed by atoms with Gasteiger partial charge in [0.25, 0.3) is 0 Å². The first-order valence-corrected chi connectivity index (χ1v) is 7.43. The van der Waals surface area contributed by atoms with Crippen LogP contribution in [-0.4, -0.2) is 26.2 Å². The van der Waals surface area contributed by atoms with Crippen molar-refractivity contribution in [2.75, 3.05) is 19.5 Å². The van der Waals surface area contributed by atoms with Crippen molar-refractivity contribution in [1.29, 1.82) is 0 Å². The third-order valence-corrected chi connectivity index (χ3v) is 3.44. The first kappa shape index (κ1) is 17.6. The molecule has 1 N–H and O–H groups in total. The lowest BCUT2D eigenvalue weighted by atomic mass is 10.0. The largest absolute Gasteiger partial charge is 0.466 e. The van der Waals surface area contributed by atoms with Crippen LogP contribution in [0, 0.1) is 0 Å². The molecule has 0 aliphatic rings. The molecule has 6 heteroatoms. The lowest BCUT2D eigenvalue weighted by Crippen LogP contribution is -2.15. The highest BCUT2D eigenvalue weighted by Crippen LogP contribution is 2.30. The van der Waals surface area contributed by atoms with Gasteiger partial charge >= 0.3 is 11.9 Å². The van der Waals surface area contributed by atoms with Crippen LogP contribution in [0.5, 0.6) is 0 Å². The highest BCUT2D eigenvalue weighted by atomic mass is 35.5. The normalized spacial score (nSPS) is 10.9. The van der Waals surface area contributed by atoms with Crippen molar-refractivity contribution >= 4 is 29.2 Å². The van der Waals surface area contributed by atoms with E-state index in [1.54, 1.807) is 12.1 Å². The number of ether oxygens (including phenoxy) is 2. The lowest BCUT2D eigenvalue weighted by molar-refractivity contribution is -0.138. The average Bonchev–Trinajstić information content (AvgIpc) is 2.60. The Labute approximate surface area is 144 Å². The molecule has 0 spiro atoms. The molecule has 0 bridgehead atoms. The molecule has 5 nitrogen and oxygen atoms in total. The van der Waals surface area contributed by atoms with Crippen molar-refractivity contribution in [2.45, 2.75) is 0 Å². The molecule has 0 saturated heterocycles. The molecule has 0 aromatic heterocycles. The van der Waals surface area contributed by atoms with E-state index in [0.717, 1.165) is 17.2 Å². The number of hydrogen-bond donors (Lipinski definition) is 1. The van der Waals surface area contributed by atoms with E-state index in [1.165, 1.54) is 14.2 Å². The summed E-state index contributed by atoms with van der Waals surface area (Å²) in [5, 5.41) is 3.52. The number of para-hydroxylation sites is 1. The predicted molar refractivity (Wildman–Crippen MR) is 92.6 cm³/mol. The quantitative estimate of drug-likeness (QED) is 0.662. The SMILES string of the molecule is COC(=O)/C=C(/Nc1ccccc1-c1cccc(Cl)c1)C(=O)OC. The number of nitrogens with one attached hydrogen (secondary N) is 1. The maximum Gasteiger partial charge on any atom is 0.354 e. The van der Waals surface area contributed by atoms with E-state index in [2.05, 4.69) is 10.1 Å². The van der Waals surface area contributed by atoms with Crippen LogP contribution in [0.2, 0.25) is 5.02 Å². The van der Waals surface area contributed by atoms with Crippen molar-refractivity contribution < 1.29 is 19.1 Å². The van der Waals surface area contributed by atoms with Crippen LogP contribution < -0.4 is 5.32 Å². The van der Waals surface area contributed by atoms with Crippen LogP contribution in [0.3, 0.4) is 0 Å². The minimum absolute atomic E-state index is 0.0289. The van der Waals surface area contributed by atoms with Crippen molar-refractivity contribution in [3.05, 3.63) is 65.3 Å². The number of methoxy groups -OCH3 is 2. The number of esters is 2. The summed E-state index contributed by atoms with van der Waals surface area (Å²) in [6.07, 6.45) is 1.04. The second-order valence-electron chi connectivity index (χ2n) is 4.75.